The van der Waals surface area contributed by atoms with Gasteiger partial charge in [-0.15, -0.1) is 11.8 Å². The average molecular weight is 276 g/mol. The average Bonchev–Trinajstić information content (AvgIpc) is 2.88. The molecule has 2 aromatic rings. The van der Waals surface area contributed by atoms with Crippen LogP contribution in [0, 0.1) is 0 Å². The van der Waals surface area contributed by atoms with Crippen LogP contribution in [0.25, 0.3) is 0 Å². The van der Waals surface area contributed by atoms with Crippen molar-refractivity contribution < 1.29 is 0 Å². The fraction of sp³-hybridized carbons (Fsp3) is 0.429. The van der Waals surface area contributed by atoms with Gasteiger partial charge in [0.25, 0.3) is 0 Å². The van der Waals surface area contributed by atoms with Crippen LogP contribution in [0.4, 0.5) is 0 Å². The molecule has 0 spiro atoms. The molecule has 0 bridgehead atoms. The van der Waals surface area contributed by atoms with Crippen LogP contribution < -0.4 is 5.32 Å². The third-order valence-corrected chi connectivity index (χ3v) is 3.62. The standard InChI is InChI=1S/C14H20N4S/c1-2-8-15-11-14-16-12-18(17-14)9-10-19-13-6-4-3-5-7-13/h3-7,12,15H,2,8-11H2,1H3. The van der Waals surface area contributed by atoms with Gasteiger partial charge in [0.15, 0.2) is 5.82 Å². The van der Waals surface area contributed by atoms with Crippen LogP contribution in [0.5, 0.6) is 0 Å². The highest BCUT2D eigenvalue weighted by molar-refractivity contribution is 7.99. The highest BCUT2D eigenvalue weighted by Crippen LogP contribution is 2.16. The van der Waals surface area contributed by atoms with Crippen LogP contribution in [-0.4, -0.2) is 27.1 Å². The SMILES string of the molecule is CCCNCc1ncn(CCSc2ccccc2)n1. The monoisotopic (exact) mass is 276 g/mol. The Morgan fingerprint density at radius 2 is 2.11 bits per heavy atom. The summed E-state index contributed by atoms with van der Waals surface area (Å²) < 4.78 is 1.92. The van der Waals surface area contributed by atoms with Gasteiger partial charge in [0.2, 0.25) is 0 Å². The molecule has 0 unspecified atom stereocenters. The number of aryl methyl sites for hydroxylation is 1. The maximum Gasteiger partial charge on any atom is 0.164 e. The highest BCUT2D eigenvalue weighted by Gasteiger charge is 2.00. The number of hydrogen-bond donors (Lipinski definition) is 1. The molecule has 1 aromatic heterocycles. The Balaban J connectivity index is 1.71. The molecule has 4 nitrogen and oxygen atoms in total. The van der Waals surface area contributed by atoms with Crippen molar-refractivity contribution in [2.75, 3.05) is 12.3 Å². The van der Waals surface area contributed by atoms with Crippen molar-refractivity contribution in [3.63, 3.8) is 0 Å². The third kappa shape index (κ3) is 5.04. The summed E-state index contributed by atoms with van der Waals surface area (Å²) in [7, 11) is 0. The van der Waals surface area contributed by atoms with Gasteiger partial charge >= 0.3 is 0 Å². The molecule has 0 saturated carbocycles. The normalized spacial score (nSPS) is 10.8. The Kier molecular flexibility index (Phi) is 5.91. The van der Waals surface area contributed by atoms with Gasteiger partial charge < -0.3 is 5.32 Å². The summed E-state index contributed by atoms with van der Waals surface area (Å²) in [5.74, 6) is 1.88. The molecule has 0 amide bonds. The molecule has 102 valence electrons. The largest absolute Gasteiger partial charge is 0.310 e. The van der Waals surface area contributed by atoms with E-state index in [1.807, 2.05) is 28.8 Å². The Bertz CT molecular complexity index is 469. The zero-order chi connectivity index (χ0) is 13.3. The number of aromatic nitrogens is 3. The van der Waals surface area contributed by atoms with Crippen LogP contribution in [0.15, 0.2) is 41.6 Å². The second kappa shape index (κ2) is 7.96. The van der Waals surface area contributed by atoms with Crippen LogP contribution in [-0.2, 0) is 13.1 Å². The first-order chi connectivity index (χ1) is 9.38. The van der Waals surface area contributed by atoms with Crippen molar-refractivity contribution in [3.8, 4) is 0 Å². The van der Waals surface area contributed by atoms with Gasteiger partial charge in [-0.1, -0.05) is 25.1 Å². The molecule has 1 aromatic carbocycles. The second-order valence-electron chi connectivity index (χ2n) is 4.26. The molecule has 5 heteroatoms. The molecular weight excluding hydrogens is 256 g/mol. The first-order valence-electron chi connectivity index (χ1n) is 6.65. The van der Waals surface area contributed by atoms with E-state index < -0.39 is 0 Å². The maximum absolute atomic E-state index is 4.44. The Morgan fingerprint density at radius 3 is 2.89 bits per heavy atom. The van der Waals surface area contributed by atoms with E-state index in [1.165, 1.54) is 4.90 Å². The first kappa shape index (κ1) is 14.1. The minimum absolute atomic E-state index is 0.757. The second-order valence-corrected chi connectivity index (χ2v) is 5.43. The summed E-state index contributed by atoms with van der Waals surface area (Å²) in [5, 5.41) is 7.75. The van der Waals surface area contributed by atoms with Crippen molar-refractivity contribution in [1.82, 2.24) is 20.1 Å². The van der Waals surface area contributed by atoms with Gasteiger partial charge in [-0.25, -0.2) is 4.98 Å². The molecule has 0 aliphatic rings. The zero-order valence-electron chi connectivity index (χ0n) is 11.2. The molecule has 0 saturated heterocycles. The molecule has 0 aliphatic heterocycles. The quantitative estimate of drug-likeness (QED) is 0.594. The van der Waals surface area contributed by atoms with Crippen LogP contribution in [0.3, 0.4) is 0 Å². The Labute approximate surface area is 118 Å². The third-order valence-electron chi connectivity index (χ3n) is 2.63. The molecular formula is C14H20N4S. The van der Waals surface area contributed by atoms with E-state index in [9.17, 15) is 0 Å². The number of nitrogens with zero attached hydrogens (tertiary/aromatic N) is 3. The lowest BCUT2D eigenvalue weighted by Gasteiger charge is -2.01. The fourth-order valence-electron chi connectivity index (χ4n) is 1.67. The summed E-state index contributed by atoms with van der Waals surface area (Å²) >= 11 is 1.84. The molecule has 0 radical (unpaired) electrons. The molecule has 2 rings (SSSR count). The lowest BCUT2D eigenvalue weighted by atomic mass is 10.4. The van der Waals surface area contributed by atoms with Crippen molar-refractivity contribution in [2.24, 2.45) is 0 Å². The van der Waals surface area contributed by atoms with Gasteiger partial charge in [-0.3, -0.25) is 4.68 Å². The molecule has 0 atom stereocenters. The topological polar surface area (TPSA) is 42.7 Å². The van der Waals surface area contributed by atoms with E-state index in [-0.39, 0.29) is 0 Å². The van der Waals surface area contributed by atoms with E-state index >= 15 is 0 Å². The van der Waals surface area contributed by atoms with Gasteiger partial charge in [0.1, 0.15) is 6.33 Å². The predicted octanol–water partition coefficient (Wildman–Crippen LogP) is 2.57. The van der Waals surface area contributed by atoms with E-state index in [4.69, 9.17) is 0 Å². The van der Waals surface area contributed by atoms with Gasteiger partial charge in [-0.05, 0) is 25.1 Å². The molecule has 1 N–H and O–H groups in total. The van der Waals surface area contributed by atoms with Crippen molar-refractivity contribution in [2.45, 2.75) is 31.3 Å². The summed E-state index contributed by atoms with van der Waals surface area (Å²) in [6.45, 7) is 4.81. The van der Waals surface area contributed by atoms with E-state index in [1.54, 1.807) is 0 Å². The van der Waals surface area contributed by atoms with Gasteiger partial charge in [-0.2, -0.15) is 5.10 Å². The number of nitrogens with one attached hydrogen (secondary N) is 1. The number of benzene rings is 1. The number of thioether (sulfide) groups is 1. The summed E-state index contributed by atoms with van der Waals surface area (Å²) in [5.41, 5.74) is 0. The van der Waals surface area contributed by atoms with Gasteiger partial charge in [0.05, 0.1) is 13.1 Å². The minimum Gasteiger partial charge on any atom is -0.310 e. The zero-order valence-corrected chi connectivity index (χ0v) is 12.1. The minimum atomic E-state index is 0.757. The lowest BCUT2D eigenvalue weighted by Crippen LogP contribution is -2.15. The first-order valence-corrected chi connectivity index (χ1v) is 7.64. The van der Waals surface area contributed by atoms with Crippen molar-refractivity contribution in [1.29, 1.82) is 0 Å². The predicted molar refractivity (Wildman–Crippen MR) is 79.2 cm³/mol. The van der Waals surface area contributed by atoms with E-state index in [0.29, 0.717) is 0 Å². The van der Waals surface area contributed by atoms with Crippen molar-refractivity contribution >= 4 is 11.8 Å². The molecule has 0 aliphatic carbocycles. The molecule has 1 heterocycles. The molecule has 19 heavy (non-hydrogen) atoms. The van der Waals surface area contributed by atoms with Crippen LogP contribution in [0.1, 0.15) is 19.2 Å². The number of rotatable bonds is 8. The summed E-state index contributed by atoms with van der Waals surface area (Å²) in [6, 6.07) is 10.4. The summed E-state index contributed by atoms with van der Waals surface area (Å²) in [6.07, 6.45) is 2.95. The Morgan fingerprint density at radius 1 is 1.26 bits per heavy atom. The van der Waals surface area contributed by atoms with Crippen molar-refractivity contribution in [3.05, 3.63) is 42.5 Å². The van der Waals surface area contributed by atoms with E-state index in [0.717, 1.165) is 37.6 Å². The Hall–Kier alpha value is -1.33. The highest BCUT2D eigenvalue weighted by atomic mass is 32.2. The lowest BCUT2D eigenvalue weighted by molar-refractivity contribution is 0.618. The molecule has 0 fully saturated rings. The van der Waals surface area contributed by atoms with Crippen LogP contribution >= 0.6 is 11.8 Å². The van der Waals surface area contributed by atoms with E-state index in [2.05, 4.69) is 46.6 Å². The number of hydrogen-bond acceptors (Lipinski definition) is 4. The fourth-order valence-corrected chi connectivity index (χ4v) is 2.54. The van der Waals surface area contributed by atoms with Gasteiger partial charge in [0, 0.05) is 10.6 Å². The smallest absolute Gasteiger partial charge is 0.164 e. The maximum atomic E-state index is 4.44. The summed E-state index contributed by atoms with van der Waals surface area (Å²) in [4.78, 5) is 5.59. The van der Waals surface area contributed by atoms with Crippen LogP contribution in [0.2, 0.25) is 0 Å².